The molecule has 1 saturated carbocycles. The Balaban J connectivity index is 1.96. The van der Waals surface area contributed by atoms with Crippen LogP contribution >= 0.6 is 11.6 Å². The molecular weight excluding hydrogens is 264 g/mol. The van der Waals surface area contributed by atoms with Crippen LogP contribution in [0.1, 0.15) is 12.8 Å². The molecule has 0 spiro atoms. The third-order valence-corrected chi connectivity index (χ3v) is 4.42. The summed E-state index contributed by atoms with van der Waals surface area (Å²) in [6.07, 6.45) is 2.25. The van der Waals surface area contributed by atoms with Gasteiger partial charge in [0.1, 0.15) is 10.0 Å². The van der Waals surface area contributed by atoms with Gasteiger partial charge in [-0.2, -0.15) is 0 Å². The van der Waals surface area contributed by atoms with Crippen LogP contribution in [0.15, 0.2) is 23.2 Å². The van der Waals surface area contributed by atoms with Crippen molar-refractivity contribution in [3.63, 3.8) is 0 Å². The highest BCUT2D eigenvalue weighted by molar-refractivity contribution is 7.89. The Labute approximate surface area is 105 Å². The van der Waals surface area contributed by atoms with Crippen molar-refractivity contribution in [2.24, 2.45) is 5.92 Å². The lowest BCUT2D eigenvalue weighted by molar-refractivity contribution is 0.0453. The average molecular weight is 277 g/mol. The number of rotatable bonds is 4. The topological polar surface area (TPSA) is 79.3 Å². The highest BCUT2D eigenvalue weighted by Crippen LogP contribution is 2.26. The van der Waals surface area contributed by atoms with E-state index in [4.69, 9.17) is 16.7 Å². The second-order valence-electron chi connectivity index (χ2n) is 4.16. The third kappa shape index (κ3) is 3.16. The maximum absolute atomic E-state index is 11.8. The van der Waals surface area contributed by atoms with Gasteiger partial charge >= 0.3 is 0 Å². The molecule has 0 saturated heterocycles. The van der Waals surface area contributed by atoms with Crippen molar-refractivity contribution in [3.8, 4) is 0 Å². The molecule has 0 aliphatic heterocycles. The molecule has 0 bridgehead atoms. The maximum atomic E-state index is 11.8. The number of halogens is 1. The van der Waals surface area contributed by atoms with Gasteiger partial charge in [0.2, 0.25) is 10.0 Å². The highest BCUT2D eigenvalue weighted by atomic mass is 35.5. The zero-order valence-electron chi connectivity index (χ0n) is 9.01. The summed E-state index contributed by atoms with van der Waals surface area (Å²) >= 11 is 5.58. The lowest BCUT2D eigenvalue weighted by Gasteiger charge is -2.31. The summed E-state index contributed by atoms with van der Waals surface area (Å²) in [5.41, 5.74) is 0. The number of aromatic nitrogens is 1. The zero-order valence-corrected chi connectivity index (χ0v) is 10.6. The molecule has 1 aromatic heterocycles. The van der Waals surface area contributed by atoms with E-state index in [0.29, 0.717) is 19.4 Å². The molecule has 5 nitrogen and oxygen atoms in total. The van der Waals surface area contributed by atoms with Crippen LogP contribution in [0.25, 0.3) is 0 Å². The number of aliphatic hydroxyl groups is 1. The van der Waals surface area contributed by atoms with Crippen molar-refractivity contribution >= 4 is 21.6 Å². The molecule has 0 unspecified atom stereocenters. The summed E-state index contributed by atoms with van der Waals surface area (Å²) in [7, 11) is -3.52. The standard InChI is InChI=1S/C10H13ClN2O3S/c11-10-2-1-9(6-12-10)17(15,16)13-5-7-3-8(14)4-7/h1-2,6-8,13-14H,3-5H2. The summed E-state index contributed by atoms with van der Waals surface area (Å²) in [4.78, 5) is 3.82. The lowest BCUT2D eigenvalue weighted by Crippen LogP contribution is -2.38. The first kappa shape index (κ1) is 12.8. The Morgan fingerprint density at radius 2 is 2.18 bits per heavy atom. The number of aliphatic hydroxyl groups excluding tert-OH is 1. The molecule has 1 aromatic rings. The van der Waals surface area contributed by atoms with Gasteiger partial charge in [-0.15, -0.1) is 0 Å². The second-order valence-corrected chi connectivity index (χ2v) is 6.31. The van der Waals surface area contributed by atoms with E-state index in [1.807, 2.05) is 0 Å². The van der Waals surface area contributed by atoms with Crippen LogP contribution in [0.5, 0.6) is 0 Å². The number of hydrogen-bond acceptors (Lipinski definition) is 4. The number of pyridine rings is 1. The summed E-state index contributed by atoms with van der Waals surface area (Å²) in [5, 5.41) is 9.35. The van der Waals surface area contributed by atoms with E-state index >= 15 is 0 Å². The van der Waals surface area contributed by atoms with E-state index in [2.05, 4.69) is 9.71 Å². The smallest absolute Gasteiger partial charge is 0.242 e. The van der Waals surface area contributed by atoms with Crippen molar-refractivity contribution in [2.75, 3.05) is 6.54 Å². The van der Waals surface area contributed by atoms with Crippen LogP contribution < -0.4 is 4.72 Å². The summed E-state index contributed by atoms with van der Waals surface area (Å²) in [6.45, 7) is 0.349. The molecule has 2 N–H and O–H groups in total. The van der Waals surface area contributed by atoms with Crippen molar-refractivity contribution in [2.45, 2.75) is 23.8 Å². The molecule has 94 valence electrons. The van der Waals surface area contributed by atoms with Gasteiger partial charge in [0.25, 0.3) is 0 Å². The van der Waals surface area contributed by atoms with E-state index in [1.165, 1.54) is 18.3 Å². The average Bonchev–Trinajstić information content (AvgIpc) is 2.23. The Morgan fingerprint density at radius 1 is 1.47 bits per heavy atom. The summed E-state index contributed by atoms with van der Waals surface area (Å²) < 4.78 is 26.1. The molecule has 0 radical (unpaired) electrons. The molecule has 0 aromatic carbocycles. The van der Waals surface area contributed by atoms with E-state index < -0.39 is 10.0 Å². The van der Waals surface area contributed by atoms with E-state index in [0.717, 1.165) is 0 Å². The zero-order chi connectivity index (χ0) is 12.5. The molecule has 7 heteroatoms. The molecule has 1 aliphatic carbocycles. The number of nitrogens with one attached hydrogen (secondary N) is 1. The van der Waals surface area contributed by atoms with Gasteiger partial charge in [-0.1, -0.05) is 11.6 Å². The molecular formula is C10H13ClN2O3S. The molecule has 1 heterocycles. The number of nitrogens with zero attached hydrogens (tertiary/aromatic N) is 1. The number of hydrogen-bond donors (Lipinski definition) is 2. The fourth-order valence-electron chi connectivity index (χ4n) is 1.70. The molecule has 17 heavy (non-hydrogen) atoms. The van der Waals surface area contributed by atoms with Gasteiger partial charge in [0, 0.05) is 12.7 Å². The van der Waals surface area contributed by atoms with Crippen LogP contribution in [0.3, 0.4) is 0 Å². The van der Waals surface area contributed by atoms with Gasteiger partial charge in [-0.3, -0.25) is 0 Å². The Kier molecular flexibility index (Phi) is 3.67. The first-order chi connectivity index (χ1) is 7.97. The highest BCUT2D eigenvalue weighted by Gasteiger charge is 2.28. The Bertz CT molecular complexity index is 483. The van der Waals surface area contributed by atoms with Crippen LogP contribution in [0.4, 0.5) is 0 Å². The largest absolute Gasteiger partial charge is 0.393 e. The second kappa shape index (κ2) is 4.89. The maximum Gasteiger partial charge on any atom is 0.242 e. The van der Waals surface area contributed by atoms with Gasteiger partial charge in [0.15, 0.2) is 0 Å². The van der Waals surface area contributed by atoms with E-state index in [9.17, 15) is 8.42 Å². The van der Waals surface area contributed by atoms with Crippen LogP contribution in [-0.4, -0.2) is 31.2 Å². The van der Waals surface area contributed by atoms with Crippen molar-refractivity contribution in [1.82, 2.24) is 9.71 Å². The van der Waals surface area contributed by atoms with Crippen molar-refractivity contribution in [1.29, 1.82) is 0 Å². The SMILES string of the molecule is O=S(=O)(NCC1CC(O)C1)c1ccc(Cl)nc1. The molecule has 0 atom stereocenters. The number of sulfonamides is 1. The fourth-order valence-corrected chi connectivity index (χ4v) is 2.87. The van der Waals surface area contributed by atoms with Crippen LogP contribution in [-0.2, 0) is 10.0 Å². The van der Waals surface area contributed by atoms with E-state index in [-0.39, 0.29) is 22.1 Å². The Morgan fingerprint density at radius 3 is 2.71 bits per heavy atom. The molecule has 2 rings (SSSR count). The molecule has 1 fully saturated rings. The van der Waals surface area contributed by atoms with Crippen molar-refractivity contribution < 1.29 is 13.5 Å². The predicted molar refractivity (Wildman–Crippen MR) is 63.2 cm³/mol. The van der Waals surface area contributed by atoms with Gasteiger partial charge in [-0.05, 0) is 30.9 Å². The Hall–Kier alpha value is -0.690. The van der Waals surface area contributed by atoms with E-state index in [1.54, 1.807) is 0 Å². The minimum atomic E-state index is -3.52. The first-order valence-corrected chi connectivity index (χ1v) is 7.13. The van der Waals surface area contributed by atoms with Gasteiger partial charge in [-0.25, -0.2) is 18.1 Å². The van der Waals surface area contributed by atoms with Crippen molar-refractivity contribution in [3.05, 3.63) is 23.5 Å². The summed E-state index contributed by atoms with van der Waals surface area (Å²) in [5.74, 6) is 0.222. The van der Waals surface area contributed by atoms with Crippen LogP contribution in [0, 0.1) is 5.92 Å². The molecule has 1 aliphatic rings. The lowest BCUT2D eigenvalue weighted by atomic mass is 9.83. The fraction of sp³-hybridized carbons (Fsp3) is 0.500. The van der Waals surface area contributed by atoms with Gasteiger partial charge in [0.05, 0.1) is 6.10 Å². The minimum Gasteiger partial charge on any atom is -0.393 e. The van der Waals surface area contributed by atoms with Crippen LogP contribution in [0.2, 0.25) is 5.15 Å². The predicted octanol–water partition coefficient (Wildman–Crippen LogP) is 0.784. The first-order valence-electron chi connectivity index (χ1n) is 5.26. The van der Waals surface area contributed by atoms with Gasteiger partial charge < -0.3 is 5.11 Å². The minimum absolute atomic E-state index is 0.0989. The quantitative estimate of drug-likeness (QED) is 0.797. The normalized spacial score (nSPS) is 24.4. The third-order valence-electron chi connectivity index (χ3n) is 2.78. The molecule has 0 amide bonds. The monoisotopic (exact) mass is 276 g/mol. The summed E-state index contributed by atoms with van der Waals surface area (Å²) in [6, 6.07) is 2.84.